The van der Waals surface area contributed by atoms with E-state index in [1.807, 2.05) is 0 Å². The first-order valence-electron chi connectivity index (χ1n) is 5.35. The van der Waals surface area contributed by atoms with E-state index in [-0.39, 0.29) is 0 Å². The number of carboxylic acid groups (broad SMARTS) is 2. The maximum absolute atomic E-state index is 11.9. The molecule has 0 spiro atoms. The number of nitro groups is 1. The van der Waals surface area contributed by atoms with Gasteiger partial charge in [-0.3, -0.25) is 19.7 Å². The summed E-state index contributed by atoms with van der Waals surface area (Å²) in [6.45, 7) is 0. The van der Waals surface area contributed by atoms with Crippen molar-refractivity contribution in [2.24, 2.45) is 0 Å². The molecule has 0 radical (unpaired) electrons. The summed E-state index contributed by atoms with van der Waals surface area (Å²) in [6, 6.07) is 2.05. The molecule has 0 aliphatic rings. The van der Waals surface area contributed by atoms with Crippen LogP contribution in [0, 0.1) is 10.1 Å². The van der Waals surface area contributed by atoms with Crippen LogP contribution in [0.2, 0.25) is 0 Å². The molecule has 0 saturated carbocycles. The van der Waals surface area contributed by atoms with Gasteiger partial charge in [-0.2, -0.15) is 4.72 Å². The number of non-ortho nitro benzene ring substituents is 1. The topological polar surface area (TPSA) is 164 Å². The Morgan fingerprint density at radius 1 is 1.33 bits per heavy atom. The summed E-state index contributed by atoms with van der Waals surface area (Å²) in [7, 11) is -4.40. The Kier molecular flexibility index (Phi) is 4.94. The highest BCUT2D eigenvalue weighted by molar-refractivity contribution is 7.89. The lowest BCUT2D eigenvalue weighted by Gasteiger charge is -2.12. The fourth-order valence-corrected chi connectivity index (χ4v) is 2.60. The number of sulfonamides is 1. The number of aliphatic carboxylic acids is 2. The van der Waals surface area contributed by atoms with Crippen molar-refractivity contribution in [3.05, 3.63) is 34.4 Å². The minimum absolute atomic E-state index is 0.497. The zero-order valence-electron chi connectivity index (χ0n) is 10.3. The number of hydrogen-bond donors (Lipinski definition) is 3. The molecule has 21 heavy (non-hydrogen) atoms. The molecule has 1 rings (SSSR count). The Hall–Kier alpha value is -2.53. The highest BCUT2D eigenvalue weighted by Gasteiger charge is 2.28. The number of rotatable bonds is 7. The molecule has 10 nitrogen and oxygen atoms in total. The van der Waals surface area contributed by atoms with Crippen LogP contribution in [0.3, 0.4) is 0 Å². The van der Waals surface area contributed by atoms with Crippen molar-refractivity contribution in [1.82, 2.24) is 4.72 Å². The number of nitrogens with zero attached hydrogens (tertiary/aromatic N) is 1. The summed E-state index contributed by atoms with van der Waals surface area (Å²) < 4.78 is 25.5. The van der Waals surface area contributed by atoms with Gasteiger partial charge in [-0.1, -0.05) is 6.07 Å². The minimum atomic E-state index is -4.40. The lowest BCUT2D eigenvalue weighted by molar-refractivity contribution is -0.385. The zero-order chi connectivity index (χ0) is 16.2. The third-order valence-corrected chi connectivity index (χ3v) is 3.78. The van der Waals surface area contributed by atoms with Gasteiger partial charge in [-0.05, 0) is 6.07 Å². The number of carboxylic acids is 2. The molecule has 0 aliphatic heterocycles. The van der Waals surface area contributed by atoms with Crippen LogP contribution in [0.25, 0.3) is 0 Å². The standard InChI is InChI=1S/C10H10N2O8S/c13-9(14)5-8(10(15)16)11-21(19,20)7-3-1-2-6(4-7)12(17)18/h1-4,8,11H,5H2,(H,13,14)(H,15,16)/t8-/m0/s1. The van der Waals surface area contributed by atoms with Crippen LogP contribution in [0.1, 0.15) is 6.42 Å². The SMILES string of the molecule is O=C(O)C[C@H](NS(=O)(=O)c1cccc([N+](=O)[O-])c1)C(=O)O. The molecule has 0 aliphatic carbocycles. The lowest BCUT2D eigenvalue weighted by atomic mass is 10.2. The zero-order valence-corrected chi connectivity index (χ0v) is 11.1. The first-order valence-corrected chi connectivity index (χ1v) is 6.83. The quantitative estimate of drug-likeness (QED) is 0.459. The molecule has 0 heterocycles. The monoisotopic (exact) mass is 318 g/mol. The van der Waals surface area contributed by atoms with Crippen molar-refractivity contribution in [3.63, 3.8) is 0 Å². The molecule has 3 N–H and O–H groups in total. The molecular weight excluding hydrogens is 308 g/mol. The Bertz CT molecular complexity index is 684. The van der Waals surface area contributed by atoms with E-state index in [2.05, 4.69) is 0 Å². The maximum Gasteiger partial charge on any atom is 0.322 e. The Morgan fingerprint density at radius 2 is 1.95 bits per heavy atom. The Morgan fingerprint density at radius 3 is 2.43 bits per heavy atom. The maximum atomic E-state index is 11.9. The van der Waals surface area contributed by atoms with E-state index in [0.29, 0.717) is 0 Å². The van der Waals surface area contributed by atoms with Crippen molar-refractivity contribution < 1.29 is 33.1 Å². The lowest BCUT2D eigenvalue weighted by Crippen LogP contribution is -2.42. The summed E-state index contributed by atoms with van der Waals surface area (Å²) in [5.41, 5.74) is -0.497. The predicted molar refractivity (Wildman–Crippen MR) is 67.1 cm³/mol. The molecule has 0 bridgehead atoms. The third-order valence-electron chi connectivity index (χ3n) is 2.31. The average Bonchev–Trinajstić information content (AvgIpc) is 2.37. The summed E-state index contributed by atoms with van der Waals surface area (Å²) in [4.78, 5) is 30.5. The normalized spacial score (nSPS) is 12.6. The van der Waals surface area contributed by atoms with Crippen molar-refractivity contribution >= 4 is 27.6 Å². The van der Waals surface area contributed by atoms with Gasteiger partial charge in [-0.25, -0.2) is 8.42 Å². The van der Waals surface area contributed by atoms with Gasteiger partial charge in [0.15, 0.2) is 0 Å². The van der Waals surface area contributed by atoms with Gasteiger partial charge >= 0.3 is 11.9 Å². The van der Waals surface area contributed by atoms with E-state index in [9.17, 15) is 28.1 Å². The fraction of sp³-hybridized carbons (Fsp3) is 0.200. The molecule has 1 aromatic rings. The second kappa shape index (κ2) is 6.28. The molecule has 114 valence electrons. The van der Waals surface area contributed by atoms with E-state index in [1.165, 1.54) is 0 Å². The molecular formula is C10H10N2O8S. The number of carbonyl (C=O) groups is 2. The van der Waals surface area contributed by atoms with Gasteiger partial charge in [0.1, 0.15) is 6.04 Å². The molecule has 1 atom stereocenters. The molecule has 0 unspecified atom stereocenters. The highest BCUT2D eigenvalue weighted by atomic mass is 32.2. The van der Waals surface area contributed by atoms with Gasteiger partial charge in [0.2, 0.25) is 10.0 Å². The van der Waals surface area contributed by atoms with Crippen LogP contribution in [-0.2, 0) is 19.6 Å². The number of nitro benzene ring substituents is 1. The number of nitrogens with one attached hydrogen (secondary N) is 1. The van der Waals surface area contributed by atoms with E-state index < -0.39 is 49.9 Å². The van der Waals surface area contributed by atoms with E-state index in [4.69, 9.17) is 10.2 Å². The van der Waals surface area contributed by atoms with Gasteiger partial charge < -0.3 is 10.2 Å². The van der Waals surface area contributed by atoms with Crippen LogP contribution in [-0.4, -0.2) is 41.5 Å². The van der Waals surface area contributed by atoms with E-state index >= 15 is 0 Å². The van der Waals surface area contributed by atoms with Crippen molar-refractivity contribution in [2.75, 3.05) is 0 Å². The van der Waals surface area contributed by atoms with Crippen molar-refractivity contribution in [2.45, 2.75) is 17.4 Å². The van der Waals surface area contributed by atoms with Gasteiger partial charge in [0.05, 0.1) is 16.2 Å². The van der Waals surface area contributed by atoms with Crippen LogP contribution in [0.5, 0.6) is 0 Å². The third kappa shape index (κ3) is 4.50. The Balaban J connectivity index is 3.10. The second-order valence-corrected chi connectivity index (χ2v) is 5.58. The molecule has 0 amide bonds. The number of hydrogen-bond acceptors (Lipinski definition) is 6. The van der Waals surface area contributed by atoms with Crippen molar-refractivity contribution in [1.29, 1.82) is 0 Å². The van der Waals surface area contributed by atoms with Gasteiger partial charge in [0.25, 0.3) is 5.69 Å². The smallest absolute Gasteiger partial charge is 0.322 e. The van der Waals surface area contributed by atoms with Gasteiger partial charge in [0, 0.05) is 12.1 Å². The van der Waals surface area contributed by atoms with E-state index in [1.54, 1.807) is 4.72 Å². The van der Waals surface area contributed by atoms with Gasteiger partial charge in [-0.15, -0.1) is 0 Å². The predicted octanol–water partition coefficient (Wildman–Crippen LogP) is -0.199. The molecule has 0 fully saturated rings. The van der Waals surface area contributed by atoms with E-state index in [0.717, 1.165) is 24.3 Å². The second-order valence-electron chi connectivity index (χ2n) is 3.86. The van der Waals surface area contributed by atoms with Crippen LogP contribution < -0.4 is 4.72 Å². The first kappa shape index (κ1) is 16.5. The molecule has 0 saturated heterocycles. The summed E-state index contributed by atoms with van der Waals surface area (Å²) in [5.74, 6) is -3.18. The summed E-state index contributed by atoms with van der Waals surface area (Å²) >= 11 is 0. The largest absolute Gasteiger partial charge is 0.481 e. The van der Waals surface area contributed by atoms with Crippen LogP contribution in [0.15, 0.2) is 29.2 Å². The summed E-state index contributed by atoms with van der Waals surface area (Å²) in [6.07, 6.45) is -0.969. The minimum Gasteiger partial charge on any atom is -0.481 e. The average molecular weight is 318 g/mol. The van der Waals surface area contributed by atoms with Crippen LogP contribution >= 0.6 is 0 Å². The summed E-state index contributed by atoms with van der Waals surface area (Å²) in [5, 5.41) is 27.9. The van der Waals surface area contributed by atoms with Crippen molar-refractivity contribution in [3.8, 4) is 0 Å². The fourth-order valence-electron chi connectivity index (χ4n) is 1.37. The number of benzene rings is 1. The highest BCUT2D eigenvalue weighted by Crippen LogP contribution is 2.17. The first-order chi connectivity index (χ1) is 9.63. The molecule has 11 heteroatoms. The molecule has 0 aromatic heterocycles. The molecule has 1 aromatic carbocycles. The Labute approximate surface area is 118 Å². The van der Waals surface area contributed by atoms with Crippen LogP contribution in [0.4, 0.5) is 5.69 Å².